The Labute approximate surface area is 197 Å². The van der Waals surface area contributed by atoms with E-state index in [1.54, 1.807) is 37.5 Å². The summed E-state index contributed by atoms with van der Waals surface area (Å²) < 4.78 is 57.6. The molecule has 3 aromatic heterocycles. The fourth-order valence-electron chi connectivity index (χ4n) is 3.60. The van der Waals surface area contributed by atoms with Crippen molar-refractivity contribution in [2.24, 2.45) is 0 Å². The van der Waals surface area contributed by atoms with Crippen LogP contribution in [0.25, 0.3) is 16.8 Å². The maximum absolute atomic E-state index is 14.5. The first kappa shape index (κ1) is 23.9. The van der Waals surface area contributed by atoms with Gasteiger partial charge in [-0.2, -0.15) is 4.98 Å². The summed E-state index contributed by atoms with van der Waals surface area (Å²) in [5.74, 6) is -1.71. The molecule has 8 nitrogen and oxygen atoms in total. The fraction of sp³-hybridized carbons (Fsp3) is 0.217. The molecule has 0 saturated carbocycles. The molecule has 35 heavy (non-hydrogen) atoms. The maximum Gasteiger partial charge on any atom is 0.573 e. The summed E-state index contributed by atoms with van der Waals surface area (Å²) in [5, 5.41) is 4.02. The first-order valence-corrected chi connectivity index (χ1v) is 10.3. The minimum atomic E-state index is -4.93. The van der Waals surface area contributed by atoms with E-state index in [2.05, 4.69) is 19.8 Å². The van der Waals surface area contributed by atoms with Crippen molar-refractivity contribution in [3.63, 3.8) is 0 Å². The monoisotopic (exact) mass is 488 g/mol. The molecule has 0 aliphatic rings. The van der Waals surface area contributed by atoms with Crippen molar-refractivity contribution in [2.75, 3.05) is 12.8 Å². The Hall–Kier alpha value is -4.22. The topological polar surface area (TPSA) is 98.6 Å². The van der Waals surface area contributed by atoms with Gasteiger partial charge >= 0.3 is 6.36 Å². The van der Waals surface area contributed by atoms with Gasteiger partial charge in [-0.25, -0.2) is 8.91 Å². The van der Waals surface area contributed by atoms with Gasteiger partial charge in [-0.1, -0.05) is 0 Å². The minimum Gasteiger partial charge on any atom is -0.406 e. The van der Waals surface area contributed by atoms with E-state index in [1.807, 2.05) is 0 Å². The zero-order valence-electron chi connectivity index (χ0n) is 18.8. The Kier molecular flexibility index (Phi) is 6.05. The van der Waals surface area contributed by atoms with E-state index in [9.17, 15) is 22.4 Å². The third-order valence-corrected chi connectivity index (χ3v) is 5.56. The van der Waals surface area contributed by atoms with Crippen LogP contribution in [-0.4, -0.2) is 43.8 Å². The third-order valence-electron chi connectivity index (χ3n) is 5.56. The molecule has 4 rings (SSSR count). The molecule has 0 aliphatic carbocycles. The standard InChI is InChI=1S/C23H20F4N6O2/c1-12-17(8-15(11-29-12)14-6-7-33-20(9-14)30-22(28)31-33)21(34)32(3)13(2)18-10-16(4-5-19(18)24)35-23(25,26)27/h4-11,13H,1-3H3,(H2,28,31)/t13-/m1/s1. The average molecular weight is 488 g/mol. The van der Waals surface area contributed by atoms with Gasteiger partial charge in [-0.3, -0.25) is 9.78 Å². The second-order valence-corrected chi connectivity index (χ2v) is 7.87. The SMILES string of the molecule is Cc1ncc(-c2ccn3nc(N)nc3c2)cc1C(=O)N(C)[C@H](C)c1cc(OC(F)(F)F)ccc1F. The predicted molar refractivity (Wildman–Crippen MR) is 119 cm³/mol. The lowest BCUT2D eigenvalue weighted by molar-refractivity contribution is -0.274. The number of alkyl halides is 3. The highest BCUT2D eigenvalue weighted by atomic mass is 19.4. The highest BCUT2D eigenvalue weighted by molar-refractivity contribution is 5.96. The number of rotatable bonds is 5. The van der Waals surface area contributed by atoms with Crippen molar-refractivity contribution in [3.8, 4) is 16.9 Å². The number of fused-ring (bicyclic) bond motifs is 1. The molecule has 0 saturated heterocycles. The predicted octanol–water partition coefficient (Wildman–Crippen LogP) is 4.55. The summed E-state index contributed by atoms with van der Waals surface area (Å²) in [4.78, 5) is 23.0. The average Bonchev–Trinajstić information content (AvgIpc) is 3.17. The van der Waals surface area contributed by atoms with E-state index in [-0.39, 0.29) is 17.1 Å². The zero-order chi connectivity index (χ0) is 25.5. The number of aryl methyl sites for hydroxylation is 1. The van der Waals surface area contributed by atoms with Gasteiger partial charge in [0.2, 0.25) is 5.95 Å². The number of carbonyl (C=O) groups is 1. The number of ether oxygens (including phenoxy) is 1. The van der Waals surface area contributed by atoms with Crippen LogP contribution in [0.1, 0.15) is 34.6 Å². The van der Waals surface area contributed by atoms with Crippen molar-refractivity contribution >= 4 is 17.5 Å². The molecular weight excluding hydrogens is 468 g/mol. The summed E-state index contributed by atoms with van der Waals surface area (Å²) >= 11 is 0. The first-order chi connectivity index (χ1) is 16.4. The van der Waals surface area contributed by atoms with Crippen LogP contribution in [0.5, 0.6) is 5.75 Å². The molecule has 182 valence electrons. The van der Waals surface area contributed by atoms with E-state index in [0.29, 0.717) is 22.5 Å². The van der Waals surface area contributed by atoms with Crippen LogP contribution in [-0.2, 0) is 0 Å². The molecule has 1 atom stereocenters. The molecule has 0 spiro atoms. The van der Waals surface area contributed by atoms with E-state index >= 15 is 0 Å². The van der Waals surface area contributed by atoms with Gasteiger partial charge in [-0.05, 0) is 55.8 Å². The van der Waals surface area contributed by atoms with E-state index < -0.39 is 29.9 Å². The number of carbonyl (C=O) groups excluding carboxylic acids is 1. The Morgan fingerprint density at radius 3 is 2.63 bits per heavy atom. The second-order valence-electron chi connectivity index (χ2n) is 7.87. The number of hydrogen-bond donors (Lipinski definition) is 1. The molecule has 12 heteroatoms. The Morgan fingerprint density at radius 2 is 1.91 bits per heavy atom. The summed E-state index contributed by atoms with van der Waals surface area (Å²) in [6.45, 7) is 3.15. The third kappa shape index (κ3) is 5.00. The van der Waals surface area contributed by atoms with E-state index in [4.69, 9.17) is 5.73 Å². The minimum absolute atomic E-state index is 0.118. The van der Waals surface area contributed by atoms with Crippen molar-refractivity contribution < 1.29 is 27.1 Å². The maximum atomic E-state index is 14.5. The van der Waals surface area contributed by atoms with Crippen LogP contribution in [0.2, 0.25) is 0 Å². The number of halogens is 4. The fourth-order valence-corrected chi connectivity index (χ4v) is 3.60. The summed E-state index contributed by atoms with van der Waals surface area (Å²) in [5.41, 5.74) is 8.03. The lowest BCUT2D eigenvalue weighted by Gasteiger charge is -2.27. The molecule has 1 amide bonds. The molecule has 0 fully saturated rings. The Morgan fingerprint density at radius 1 is 1.17 bits per heavy atom. The van der Waals surface area contributed by atoms with Crippen LogP contribution >= 0.6 is 0 Å². The van der Waals surface area contributed by atoms with Crippen LogP contribution in [0, 0.1) is 12.7 Å². The molecule has 3 heterocycles. The van der Waals surface area contributed by atoms with Gasteiger partial charge in [0.05, 0.1) is 17.3 Å². The highest BCUT2D eigenvalue weighted by Gasteiger charge is 2.32. The molecule has 1 aromatic carbocycles. The molecule has 0 unspecified atom stereocenters. The normalized spacial score (nSPS) is 12.5. The van der Waals surface area contributed by atoms with Crippen molar-refractivity contribution in [1.29, 1.82) is 0 Å². The zero-order valence-corrected chi connectivity index (χ0v) is 18.8. The number of nitrogens with zero attached hydrogens (tertiary/aromatic N) is 5. The van der Waals surface area contributed by atoms with Gasteiger partial charge in [0.15, 0.2) is 5.65 Å². The smallest absolute Gasteiger partial charge is 0.406 e. The van der Waals surface area contributed by atoms with Gasteiger partial charge in [0.1, 0.15) is 11.6 Å². The summed E-state index contributed by atoms with van der Waals surface area (Å²) in [6.07, 6.45) is -1.66. The van der Waals surface area contributed by atoms with Crippen LogP contribution < -0.4 is 10.5 Å². The first-order valence-electron chi connectivity index (χ1n) is 10.3. The molecular formula is C23H20F4N6O2. The summed E-state index contributed by atoms with van der Waals surface area (Å²) in [7, 11) is 1.43. The molecule has 0 bridgehead atoms. The van der Waals surface area contributed by atoms with Gasteiger partial charge in [0.25, 0.3) is 5.91 Å². The number of nitrogens with two attached hydrogens (primary N) is 1. The number of hydrogen-bond acceptors (Lipinski definition) is 6. The lowest BCUT2D eigenvalue weighted by atomic mass is 10.0. The van der Waals surface area contributed by atoms with Crippen molar-refractivity contribution in [3.05, 3.63) is 71.4 Å². The quantitative estimate of drug-likeness (QED) is 0.414. The van der Waals surface area contributed by atoms with Gasteiger partial charge < -0.3 is 15.4 Å². The highest BCUT2D eigenvalue weighted by Crippen LogP contribution is 2.31. The number of amides is 1. The summed E-state index contributed by atoms with van der Waals surface area (Å²) in [6, 6.07) is 6.90. The number of benzene rings is 1. The molecule has 2 N–H and O–H groups in total. The van der Waals surface area contributed by atoms with Gasteiger partial charge in [0, 0.05) is 30.6 Å². The Bertz CT molecular complexity index is 1420. The number of aromatic nitrogens is 4. The largest absolute Gasteiger partial charge is 0.573 e. The van der Waals surface area contributed by atoms with E-state index in [0.717, 1.165) is 18.2 Å². The number of nitrogen functional groups attached to an aromatic ring is 1. The molecule has 4 aromatic rings. The van der Waals surface area contributed by atoms with Crippen LogP contribution in [0.3, 0.4) is 0 Å². The number of pyridine rings is 2. The Balaban J connectivity index is 1.64. The van der Waals surface area contributed by atoms with Crippen LogP contribution in [0.4, 0.5) is 23.5 Å². The van der Waals surface area contributed by atoms with Crippen molar-refractivity contribution in [1.82, 2.24) is 24.5 Å². The van der Waals surface area contributed by atoms with Gasteiger partial charge in [-0.15, -0.1) is 18.3 Å². The lowest BCUT2D eigenvalue weighted by Crippen LogP contribution is -2.31. The molecule has 0 radical (unpaired) electrons. The number of anilines is 1. The van der Waals surface area contributed by atoms with Crippen LogP contribution in [0.15, 0.2) is 48.8 Å². The van der Waals surface area contributed by atoms with Crippen molar-refractivity contribution in [2.45, 2.75) is 26.3 Å². The second kappa shape index (κ2) is 8.85. The van der Waals surface area contributed by atoms with E-state index in [1.165, 1.54) is 23.4 Å². The molecule has 0 aliphatic heterocycles.